The van der Waals surface area contributed by atoms with Gasteiger partial charge in [0.15, 0.2) is 4.80 Å². The number of rotatable bonds is 3. The summed E-state index contributed by atoms with van der Waals surface area (Å²) in [4.78, 5) is 26.4. The summed E-state index contributed by atoms with van der Waals surface area (Å²) in [5.74, 6) is 0.910. The minimum atomic E-state index is -0.771. The topological polar surface area (TPSA) is 90.6 Å². The van der Waals surface area contributed by atoms with E-state index in [1.807, 2.05) is 0 Å². The lowest BCUT2D eigenvalue weighted by molar-refractivity contribution is -0.402. The van der Waals surface area contributed by atoms with Crippen LogP contribution in [0.1, 0.15) is 10.6 Å². The first-order valence-corrected chi connectivity index (χ1v) is 8.23. The fraction of sp³-hybridized carbons (Fsp3) is 0.0667. The summed E-state index contributed by atoms with van der Waals surface area (Å²) < 4.78 is 7.15. The normalized spacial score (nSPS) is 11.6. The third kappa shape index (κ3) is 3.30. The number of nitro groups is 1. The number of aromatic nitrogens is 1. The van der Waals surface area contributed by atoms with E-state index in [0.29, 0.717) is 20.3 Å². The molecule has 3 rings (SSSR count). The van der Waals surface area contributed by atoms with Crippen LogP contribution in [0.25, 0.3) is 10.2 Å². The Balaban J connectivity index is 2.16. The predicted octanol–water partition coefficient (Wildman–Crippen LogP) is 3.89. The molecule has 7 nitrogen and oxygen atoms in total. The molecule has 2 heterocycles. The van der Waals surface area contributed by atoms with Crippen LogP contribution in [0, 0.1) is 22.5 Å². The van der Waals surface area contributed by atoms with Crippen molar-refractivity contribution in [2.24, 2.45) is 4.99 Å². The van der Waals surface area contributed by atoms with Crippen LogP contribution in [0.15, 0.2) is 33.7 Å². The van der Waals surface area contributed by atoms with E-state index in [4.69, 9.17) is 34.0 Å². The molecule has 25 heavy (non-hydrogen) atoms. The highest BCUT2D eigenvalue weighted by Gasteiger charge is 2.18. The molecule has 0 spiro atoms. The van der Waals surface area contributed by atoms with Crippen LogP contribution in [0.3, 0.4) is 0 Å². The summed E-state index contributed by atoms with van der Waals surface area (Å²) in [6.45, 7) is 0.131. The molecule has 1 aromatic carbocycles. The summed E-state index contributed by atoms with van der Waals surface area (Å²) in [7, 11) is 0. The summed E-state index contributed by atoms with van der Waals surface area (Å²) in [5, 5.41) is 11.4. The number of thiazole rings is 1. The minimum absolute atomic E-state index is 0.131. The van der Waals surface area contributed by atoms with Crippen molar-refractivity contribution in [1.82, 2.24) is 4.57 Å². The minimum Gasteiger partial charge on any atom is -0.395 e. The van der Waals surface area contributed by atoms with Crippen LogP contribution in [-0.4, -0.2) is 15.4 Å². The van der Waals surface area contributed by atoms with Gasteiger partial charge in [0.2, 0.25) is 5.76 Å². The number of carbonyl (C=O) groups excluding carboxylic acids is 1. The van der Waals surface area contributed by atoms with Gasteiger partial charge in [-0.1, -0.05) is 40.5 Å². The molecule has 0 radical (unpaired) electrons. The van der Waals surface area contributed by atoms with Gasteiger partial charge >= 0.3 is 11.8 Å². The molecule has 10 heteroatoms. The highest BCUT2D eigenvalue weighted by molar-refractivity contribution is 7.16. The fourth-order valence-electron chi connectivity index (χ4n) is 2.14. The zero-order valence-electron chi connectivity index (χ0n) is 12.2. The molecule has 2 aromatic heterocycles. The zero-order chi connectivity index (χ0) is 18.1. The van der Waals surface area contributed by atoms with E-state index in [2.05, 4.69) is 10.9 Å². The Morgan fingerprint density at radius 1 is 1.44 bits per heavy atom. The monoisotopic (exact) mass is 395 g/mol. The average molecular weight is 396 g/mol. The van der Waals surface area contributed by atoms with Crippen molar-refractivity contribution in [2.75, 3.05) is 0 Å². The lowest BCUT2D eigenvalue weighted by Gasteiger charge is -2.02. The van der Waals surface area contributed by atoms with Crippen molar-refractivity contribution in [3.63, 3.8) is 0 Å². The number of hydrogen-bond acceptors (Lipinski definition) is 5. The largest absolute Gasteiger partial charge is 0.433 e. The van der Waals surface area contributed by atoms with E-state index in [1.54, 1.807) is 16.7 Å². The van der Waals surface area contributed by atoms with Crippen molar-refractivity contribution in [1.29, 1.82) is 0 Å². The maximum Gasteiger partial charge on any atom is 0.433 e. The first-order chi connectivity index (χ1) is 11.9. The molecule has 0 atom stereocenters. The Bertz CT molecular complexity index is 1120. The summed E-state index contributed by atoms with van der Waals surface area (Å²) in [6.07, 6.45) is 5.38. The number of hydrogen-bond donors (Lipinski definition) is 0. The predicted molar refractivity (Wildman–Crippen MR) is 93.9 cm³/mol. The molecule has 3 aromatic rings. The SMILES string of the molecule is C#CCn1c(=NC(=O)c2ccc([N+](=O)[O-])o2)sc2cc(Cl)cc(Cl)c21. The number of terminal acetylenes is 1. The molecule has 0 fully saturated rings. The lowest BCUT2D eigenvalue weighted by atomic mass is 10.3. The second kappa shape index (κ2) is 6.72. The Labute approximate surface area is 154 Å². The Hall–Kier alpha value is -2.60. The molecule has 126 valence electrons. The lowest BCUT2D eigenvalue weighted by Crippen LogP contribution is -2.16. The van der Waals surface area contributed by atoms with Gasteiger partial charge < -0.3 is 8.98 Å². The number of benzene rings is 1. The van der Waals surface area contributed by atoms with E-state index in [9.17, 15) is 14.9 Å². The van der Waals surface area contributed by atoms with Crippen molar-refractivity contribution in [2.45, 2.75) is 6.54 Å². The Kier molecular flexibility index (Phi) is 4.63. The smallest absolute Gasteiger partial charge is 0.395 e. The van der Waals surface area contributed by atoms with Crippen LogP contribution in [0.4, 0.5) is 5.88 Å². The fourth-order valence-corrected chi connectivity index (χ4v) is 3.95. The van der Waals surface area contributed by atoms with Gasteiger partial charge in [-0.3, -0.25) is 14.9 Å². The molecular weight excluding hydrogens is 389 g/mol. The second-order valence-electron chi connectivity index (χ2n) is 4.72. The first kappa shape index (κ1) is 17.2. The third-order valence-corrected chi connectivity index (χ3v) is 4.66. The van der Waals surface area contributed by atoms with Gasteiger partial charge in [-0.05, 0) is 18.2 Å². The van der Waals surface area contributed by atoms with Gasteiger partial charge in [0.25, 0.3) is 0 Å². The number of carbonyl (C=O) groups is 1. The molecule has 0 aliphatic rings. The van der Waals surface area contributed by atoms with Gasteiger partial charge in [0.1, 0.15) is 4.92 Å². The van der Waals surface area contributed by atoms with Crippen LogP contribution in [0.2, 0.25) is 10.0 Å². The van der Waals surface area contributed by atoms with Crippen LogP contribution < -0.4 is 4.80 Å². The Morgan fingerprint density at radius 3 is 2.84 bits per heavy atom. The number of fused-ring (bicyclic) bond motifs is 1. The zero-order valence-corrected chi connectivity index (χ0v) is 14.6. The molecular formula is C15H7Cl2N3O4S. The molecule has 0 saturated heterocycles. The maximum atomic E-state index is 12.2. The molecule has 0 aliphatic carbocycles. The number of amides is 1. The first-order valence-electron chi connectivity index (χ1n) is 6.66. The molecule has 0 N–H and O–H groups in total. The highest BCUT2D eigenvalue weighted by atomic mass is 35.5. The van der Waals surface area contributed by atoms with E-state index < -0.39 is 16.7 Å². The van der Waals surface area contributed by atoms with Gasteiger partial charge in [0, 0.05) is 5.02 Å². The number of nitrogens with zero attached hydrogens (tertiary/aromatic N) is 3. The van der Waals surface area contributed by atoms with Crippen LogP contribution in [0.5, 0.6) is 0 Å². The molecule has 0 aliphatic heterocycles. The number of halogens is 2. The van der Waals surface area contributed by atoms with Crippen molar-refractivity contribution in [3.05, 3.63) is 55.0 Å². The van der Waals surface area contributed by atoms with E-state index >= 15 is 0 Å². The molecule has 0 bridgehead atoms. The standard InChI is InChI=1S/C15H7Cl2N3O4S/c1-2-5-19-13-9(17)6-8(16)7-11(13)25-15(19)18-14(21)10-3-4-12(24-10)20(22)23/h1,3-4,6-7H,5H2. The van der Waals surface area contributed by atoms with Gasteiger partial charge in [0.05, 0.1) is 27.9 Å². The van der Waals surface area contributed by atoms with Crippen molar-refractivity contribution in [3.8, 4) is 12.3 Å². The summed E-state index contributed by atoms with van der Waals surface area (Å²) >= 11 is 13.4. The van der Waals surface area contributed by atoms with E-state index in [-0.39, 0.29) is 17.1 Å². The third-order valence-electron chi connectivity index (χ3n) is 3.12. The van der Waals surface area contributed by atoms with Crippen molar-refractivity contribution < 1.29 is 14.1 Å². The van der Waals surface area contributed by atoms with E-state index in [1.165, 1.54) is 6.07 Å². The van der Waals surface area contributed by atoms with E-state index in [0.717, 1.165) is 17.4 Å². The van der Waals surface area contributed by atoms with Crippen molar-refractivity contribution >= 4 is 56.5 Å². The van der Waals surface area contributed by atoms with Gasteiger partial charge in [-0.2, -0.15) is 4.99 Å². The quantitative estimate of drug-likeness (QED) is 0.382. The maximum absolute atomic E-state index is 12.2. The van der Waals surface area contributed by atoms with Crippen LogP contribution in [-0.2, 0) is 6.54 Å². The van der Waals surface area contributed by atoms with Gasteiger partial charge in [-0.15, -0.1) is 6.42 Å². The average Bonchev–Trinajstić information content (AvgIpc) is 3.13. The Morgan fingerprint density at radius 2 is 2.20 bits per heavy atom. The number of furan rings is 1. The molecule has 1 amide bonds. The summed E-state index contributed by atoms with van der Waals surface area (Å²) in [6, 6.07) is 5.51. The van der Waals surface area contributed by atoms with Crippen LogP contribution >= 0.6 is 34.5 Å². The summed E-state index contributed by atoms with van der Waals surface area (Å²) in [5.41, 5.74) is 0.603. The second-order valence-corrected chi connectivity index (χ2v) is 6.57. The van der Waals surface area contributed by atoms with Gasteiger partial charge in [-0.25, -0.2) is 0 Å². The highest BCUT2D eigenvalue weighted by Crippen LogP contribution is 2.29. The molecule has 0 unspecified atom stereocenters. The molecule has 0 saturated carbocycles.